The largest absolute Gasteiger partial charge is 0.490 e. The Kier molecular flexibility index (Phi) is 8.34. The number of sulfone groups is 1. The van der Waals surface area contributed by atoms with Crippen LogP contribution in [0.1, 0.15) is 18.1 Å². The summed E-state index contributed by atoms with van der Waals surface area (Å²) in [6, 6.07) is 16.4. The monoisotopic (exact) mass is 498 g/mol. The van der Waals surface area contributed by atoms with Crippen LogP contribution >= 0.6 is 11.5 Å². The number of carbonyl (C=O) groups is 1. The Balaban J connectivity index is 1.55. The number of rotatable bonds is 10. The number of nitrogens with zero attached hydrogens (tertiary/aromatic N) is 3. The van der Waals surface area contributed by atoms with E-state index in [0.29, 0.717) is 24.5 Å². The van der Waals surface area contributed by atoms with E-state index in [-0.39, 0.29) is 21.6 Å². The van der Waals surface area contributed by atoms with Gasteiger partial charge in [0, 0.05) is 11.5 Å². The van der Waals surface area contributed by atoms with E-state index < -0.39 is 15.7 Å². The van der Waals surface area contributed by atoms with Gasteiger partial charge in [-0.15, -0.1) is 0 Å². The lowest BCUT2D eigenvalue weighted by Crippen LogP contribution is -2.13. The molecule has 0 aliphatic rings. The first-order chi connectivity index (χ1) is 16.3. The van der Waals surface area contributed by atoms with Crippen LogP contribution in [0.5, 0.6) is 11.5 Å². The van der Waals surface area contributed by atoms with Crippen LogP contribution in [0.25, 0.3) is 6.08 Å². The summed E-state index contributed by atoms with van der Waals surface area (Å²) in [4.78, 5) is 16.2. The molecular weight excluding hydrogens is 476 g/mol. The van der Waals surface area contributed by atoms with E-state index >= 15 is 0 Å². The highest BCUT2D eigenvalue weighted by molar-refractivity contribution is 7.91. The van der Waals surface area contributed by atoms with Crippen molar-refractivity contribution < 1.29 is 22.7 Å². The van der Waals surface area contributed by atoms with Gasteiger partial charge in [-0.3, -0.25) is 10.1 Å². The number of hydrogen-bond donors (Lipinski definition) is 1. The Morgan fingerprint density at radius 1 is 1.15 bits per heavy atom. The molecule has 0 saturated carbocycles. The minimum Gasteiger partial charge on any atom is -0.490 e. The maximum atomic E-state index is 12.4. The molecule has 9 nitrogen and oxygen atoms in total. The van der Waals surface area contributed by atoms with Gasteiger partial charge in [0.05, 0.1) is 5.75 Å². The number of anilines is 1. The fourth-order valence-corrected chi connectivity index (χ4v) is 4.26. The van der Waals surface area contributed by atoms with Crippen LogP contribution in [-0.2, 0) is 14.6 Å². The molecule has 0 aliphatic carbocycles. The molecular formula is C23H22N4O5S2. The normalized spacial score (nSPS) is 11.5. The van der Waals surface area contributed by atoms with Gasteiger partial charge in [0.1, 0.15) is 36.4 Å². The number of nitrogens with one attached hydrogen (secondary N) is 1. The Morgan fingerprint density at radius 2 is 1.85 bits per heavy atom. The molecule has 34 heavy (non-hydrogen) atoms. The third-order valence-corrected chi connectivity index (χ3v) is 6.70. The molecule has 0 radical (unpaired) electrons. The summed E-state index contributed by atoms with van der Waals surface area (Å²) in [6.07, 6.45) is 1.41. The maximum absolute atomic E-state index is 12.4. The summed E-state index contributed by atoms with van der Waals surface area (Å²) in [6.45, 7) is 4.21. The maximum Gasteiger partial charge on any atom is 0.268 e. The SMILES string of the molecule is CCS(=O)(=O)c1nsc(NC(=O)C(C#N)=Cc2ccc(OCCOc3cccc(C)c3)cc2)n1. The molecule has 0 atom stereocenters. The Bertz CT molecular complexity index is 1330. The number of benzene rings is 2. The standard InChI is InChI=1S/C23H22N4O5S2/c1-3-34(29,30)23-26-22(33-27-23)25-21(28)18(15-24)14-17-7-9-19(10-8-17)31-11-12-32-20-6-4-5-16(2)13-20/h4-10,13-14H,3,11-12H2,1-2H3,(H,25,26,27,28). The fraction of sp³-hybridized carbons (Fsp3) is 0.217. The van der Waals surface area contributed by atoms with Gasteiger partial charge in [0.25, 0.3) is 11.1 Å². The summed E-state index contributed by atoms with van der Waals surface area (Å²) in [5, 5.41) is 11.4. The highest BCUT2D eigenvalue weighted by atomic mass is 32.2. The van der Waals surface area contributed by atoms with E-state index in [2.05, 4.69) is 14.7 Å². The van der Waals surface area contributed by atoms with Crippen LogP contribution < -0.4 is 14.8 Å². The van der Waals surface area contributed by atoms with E-state index in [1.807, 2.05) is 37.3 Å². The molecule has 0 bridgehead atoms. The number of aryl methyl sites for hydroxylation is 1. The van der Waals surface area contributed by atoms with Crippen molar-refractivity contribution in [2.75, 3.05) is 24.3 Å². The molecule has 3 aromatic rings. The van der Waals surface area contributed by atoms with Crippen molar-refractivity contribution in [3.8, 4) is 17.6 Å². The summed E-state index contributed by atoms with van der Waals surface area (Å²) in [7, 11) is -3.58. The van der Waals surface area contributed by atoms with Gasteiger partial charge in [-0.2, -0.15) is 14.6 Å². The topological polar surface area (TPSA) is 131 Å². The van der Waals surface area contributed by atoms with Gasteiger partial charge in [0.2, 0.25) is 15.0 Å². The van der Waals surface area contributed by atoms with Gasteiger partial charge in [-0.25, -0.2) is 8.42 Å². The number of ether oxygens (including phenoxy) is 2. The Morgan fingerprint density at radius 3 is 2.50 bits per heavy atom. The second-order valence-electron chi connectivity index (χ2n) is 6.99. The molecule has 0 saturated heterocycles. The van der Waals surface area contributed by atoms with Crippen LogP contribution in [0.15, 0.2) is 59.3 Å². The molecule has 1 aromatic heterocycles. The molecule has 1 N–H and O–H groups in total. The van der Waals surface area contributed by atoms with Crippen molar-refractivity contribution >= 4 is 38.5 Å². The molecule has 11 heteroatoms. The molecule has 0 unspecified atom stereocenters. The molecule has 3 rings (SSSR count). The molecule has 176 valence electrons. The van der Waals surface area contributed by atoms with Gasteiger partial charge >= 0.3 is 0 Å². The van der Waals surface area contributed by atoms with Gasteiger partial charge in [-0.1, -0.05) is 31.2 Å². The zero-order valence-electron chi connectivity index (χ0n) is 18.5. The summed E-state index contributed by atoms with van der Waals surface area (Å²) >= 11 is 0.729. The quantitative estimate of drug-likeness (QED) is 0.255. The molecule has 1 amide bonds. The Labute approximate surface area is 201 Å². The van der Waals surface area contributed by atoms with Crippen molar-refractivity contribution in [1.29, 1.82) is 5.26 Å². The van der Waals surface area contributed by atoms with Crippen LogP contribution in [-0.4, -0.2) is 42.6 Å². The summed E-state index contributed by atoms with van der Waals surface area (Å²) in [5.74, 6) is 0.530. The van der Waals surface area contributed by atoms with Crippen LogP contribution in [0.2, 0.25) is 0 Å². The average Bonchev–Trinajstić information content (AvgIpc) is 3.30. The molecule has 2 aromatic carbocycles. The number of nitriles is 1. The summed E-state index contributed by atoms with van der Waals surface area (Å²) in [5.41, 5.74) is 1.56. The van der Waals surface area contributed by atoms with Crippen molar-refractivity contribution in [1.82, 2.24) is 9.36 Å². The zero-order chi connectivity index (χ0) is 24.6. The third kappa shape index (κ3) is 6.87. The molecule has 0 aliphatic heterocycles. The highest BCUT2D eigenvalue weighted by Crippen LogP contribution is 2.19. The third-order valence-electron chi connectivity index (χ3n) is 4.45. The van der Waals surface area contributed by atoms with Gasteiger partial charge in [-0.05, 0) is 48.4 Å². The first-order valence-corrected chi connectivity index (χ1v) is 12.6. The lowest BCUT2D eigenvalue weighted by molar-refractivity contribution is -0.112. The van der Waals surface area contributed by atoms with Crippen LogP contribution in [0.3, 0.4) is 0 Å². The van der Waals surface area contributed by atoms with E-state index in [1.54, 1.807) is 24.3 Å². The van der Waals surface area contributed by atoms with E-state index in [1.165, 1.54) is 13.0 Å². The lowest BCUT2D eigenvalue weighted by Gasteiger charge is -2.09. The lowest BCUT2D eigenvalue weighted by atomic mass is 10.1. The summed E-state index contributed by atoms with van der Waals surface area (Å²) < 4.78 is 38.7. The number of carbonyl (C=O) groups excluding carboxylic acids is 1. The predicted molar refractivity (Wildman–Crippen MR) is 128 cm³/mol. The van der Waals surface area contributed by atoms with Gasteiger partial charge in [0.15, 0.2) is 0 Å². The van der Waals surface area contributed by atoms with Crippen molar-refractivity contribution in [3.63, 3.8) is 0 Å². The van der Waals surface area contributed by atoms with Gasteiger partial charge < -0.3 is 9.47 Å². The van der Waals surface area contributed by atoms with E-state index in [4.69, 9.17) is 9.47 Å². The van der Waals surface area contributed by atoms with Crippen molar-refractivity contribution in [2.45, 2.75) is 19.0 Å². The second-order valence-corrected chi connectivity index (χ2v) is 9.92. The minimum atomic E-state index is -3.58. The zero-order valence-corrected chi connectivity index (χ0v) is 20.1. The van der Waals surface area contributed by atoms with Crippen molar-refractivity contribution in [2.24, 2.45) is 0 Å². The first kappa shape index (κ1) is 24.9. The smallest absolute Gasteiger partial charge is 0.268 e. The van der Waals surface area contributed by atoms with E-state index in [9.17, 15) is 18.5 Å². The van der Waals surface area contributed by atoms with Crippen molar-refractivity contribution in [3.05, 3.63) is 65.2 Å². The number of aromatic nitrogens is 2. The second kappa shape index (κ2) is 11.4. The minimum absolute atomic E-state index is 0.00481. The Hall–Kier alpha value is -3.75. The predicted octanol–water partition coefficient (Wildman–Crippen LogP) is 3.64. The van der Waals surface area contributed by atoms with E-state index in [0.717, 1.165) is 22.8 Å². The highest BCUT2D eigenvalue weighted by Gasteiger charge is 2.20. The number of amides is 1. The average molecular weight is 499 g/mol. The fourth-order valence-electron chi connectivity index (χ4n) is 2.68. The van der Waals surface area contributed by atoms with Crippen LogP contribution in [0, 0.1) is 18.3 Å². The molecule has 0 spiro atoms. The first-order valence-electron chi connectivity index (χ1n) is 10.2. The molecule has 0 fully saturated rings. The number of hydrogen-bond acceptors (Lipinski definition) is 9. The van der Waals surface area contributed by atoms with Crippen LogP contribution in [0.4, 0.5) is 5.13 Å². The molecule has 1 heterocycles.